The number of hydrogen-bond donors (Lipinski definition) is 1. The Morgan fingerprint density at radius 3 is 2.61 bits per heavy atom. The van der Waals surface area contributed by atoms with Gasteiger partial charge >= 0.3 is 5.97 Å². The average Bonchev–Trinajstić information content (AvgIpc) is 2.58. The molecule has 2 aromatic rings. The predicted molar refractivity (Wildman–Crippen MR) is 89.6 cm³/mol. The number of esters is 1. The standard InChI is InChI=1S/C19H19NO3/c1-3-6-18(21)20-13-17(19(22)23-2)12-14-9-10-15-7-4-5-8-16(15)11-14/h4-5,7-11,17H,12-13H2,1-2H3,(H,20,21)/t17-/m0/s1. The number of carbonyl (C=O) groups is 2. The topological polar surface area (TPSA) is 55.4 Å². The van der Waals surface area contributed by atoms with Gasteiger partial charge < -0.3 is 10.1 Å². The summed E-state index contributed by atoms with van der Waals surface area (Å²) in [4.78, 5) is 23.4. The minimum atomic E-state index is -0.441. The molecule has 0 saturated heterocycles. The van der Waals surface area contributed by atoms with E-state index in [1.165, 1.54) is 7.11 Å². The molecule has 0 bridgehead atoms. The van der Waals surface area contributed by atoms with Crippen LogP contribution >= 0.6 is 0 Å². The van der Waals surface area contributed by atoms with E-state index in [2.05, 4.69) is 23.2 Å². The van der Waals surface area contributed by atoms with Crippen LogP contribution in [0.5, 0.6) is 0 Å². The van der Waals surface area contributed by atoms with Crippen LogP contribution in [0.3, 0.4) is 0 Å². The molecule has 118 valence electrons. The number of amides is 1. The lowest BCUT2D eigenvalue weighted by molar-refractivity contribution is -0.145. The molecule has 0 aliphatic rings. The molecule has 0 radical (unpaired) electrons. The van der Waals surface area contributed by atoms with Crippen LogP contribution in [-0.2, 0) is 20.7 Å². The molecule has 23 heavy (non-hydrogen) atoms. The molecule has 1 amide bonds. The Balaban J connectivity index is 2.13. The van der Waals surface area contributed by atoms with Crippen LogP contribution in [0.1, 0.15) is 12.5 Å². The van der Waals surface area contributed by atoms with E-state index in [1.54, 1.807) is 6.92 Å². The van der Waals surface area contributed by atoms with Crippen LogP contribution in [0.2, 0.25) is 0 Å². The molecule has 1 N–H and O–H groups in total. The largest absolute Gasteiger partial charge is 0.469 e. The number of rotatable bonds is 5. The highest BCUT2D eigenvalue weighted by Gasteiger charge is 2.20. The van der Waals surface area contributed by atoms with Gasteiger partial charge in [0, 0.05) is 6.54 Å². The SMILES string of the molecule is CC#CC(=O)NC[C@H](Cc1ccc2ccccc2c1)C(=O)OC. The first-order valence-corrected chi connectivity index (χ1v) is 7.40. The summed E-state index contributed by atoms with van der Waals surface area (Å²) in [5.74, 6) is 3.75. The molecule has 0 heterocycles. The zero-order chi connectivity index (χ0) is 16.7. The summed E-state index contributed by atoms with van der Waals surface area (Å²) in [6.07, 6.45) is 0.497. The van der Waals surface area contributed by atoms with Gasteiger partial charge in [-0.2, -0.15) is 0 Å². The smallest absolute Gasteiger partial charge is 0.310 e. The van der Waals surface area contributed by atoms with E-state index in [-0.39, 0.29) is 18.4 Å². The molecule has 4 nitrogen and oxygen atoms in total. The summed E-state index contributed by atoms with van der Waals surface area (Å²) >= 11 is 0. The summed E-state index contributed by atoms with van der Waals surface area (Å²) < 4.78 is 4.84. The Bertz CT molecular complexity index is 771. The fourth-order valence-electron chi connectivity index (χ4n) is 2.43. The fraction of sp³-hybridized carbons (Fsp3) is 0.263. The first-order valence-electron chi connectivity index (χ1n) is 7.40. The van der Waals surface area contributed by atoms with Crippen molar-refractivity contribution in [2.75, 3.05) is 13.7 Å². The molecule has 2 rings (SSSR count). The van der Waals surface area contributed by atoms with Crippen molar-refractivity contribution in [2.24, 2.45) is 5.92 Å². The molecule has 4 heteroatoms. The number of fused-ring (bicyclic) bond motifs is 1. The van der Waals surface area contributed by atoms with Gasteiger partial charge in [0.15, 0.2) is 0 Å². The Hall–Kier alpha value is -2.80. The zero-order valence-corrected chi connectivity index (χ0v) is 13.3. The van der Waals surface area contributed by atoms with Gasteiger partial charge in [-0.25, -0.2) is 0 Å². The second kappa shape index (κ2) is 8.00. The summed E-state index contributed by atoms with van der Waals surface area (Å²) in [5.41, 5.74) is 1.02. The van der Waals surface area contributed by atoms with E-state index in [9.17, 15) is 9.59 Å². The van der Waals surface area contributed by atoms with E-state index >= 15 is 0 Å². The minimum Gasteiger partial charge on any atom is -0.469 e. The number of benzene rings is 2. The van der Waals surface area contributed by atoms with Crippen molar-refractivity contribution in [3.8, 4) is 11.8 Å². The van der Waals surface area contributed by atoms with E-state index in [1.807, 2.05) is 36.4 Å². The van der Waals surface area contributed by atoms with Crippen molar-refractivity contribution in [1.29, 1.82) is 0 Å². The second-order valence-corrected chi connectivity index (χ2v) is 5.19. The molecular formula is C19H19NO3. The van der Waals surface area contributed by atoms with Gasteiger partial charge in [0.1, 0.15) is 0 Å². The van der Waals surface area contributed by atoms with Crippen molar-refractivity contribution in [2.45, 2.75) is 13.3 Å². The lowest BCUT2D eigenvalue weighted by atomic mass is 9.97. The molecule has 1 atom stereocenters. The first-order chi connectivity index (χ1) is 11.1. The van der Waals surface area contributed by atoms with Gasteiger partial charge in [-0.3, -0.25) is 9.59 Å². The van der Waals surface area contributed by atoms with Gasteiger partial charge in [0.05, 0.1) is 13.0 Å². The van der Waals surface area contributed by atoms with Crippen molar-refractivity contribution in [3.05, 3.63) is 48.0 Å². The van der Waals surface area contributed by atoms with E-state index < -0.39 is 5.92 Å². The van der Waals surface area contributed by atoms with Gasteiger partial charge in [0.25, 0.3) is 5.91 Å². The third-order valence-corrected chi connectivity index (χ3v) is 3.58. The molecule has 2 aromatic carbocycles. The minimum absolute atomic E-state index is 0.201. The van der Waals surface area contributed by atoms with Crippen LogP contribution < -0.4 is 5.32 Å². The van der Waals surface area contributed by atoms with E-state index in [4.69, 9.17) is 4.74 Å². The molecule has 0 spiro atoms. The van der Waals surface area contributed by atoms with Crippen LogP contribution in [0.4, 0.5) is 0 Å². The quantitative estimate of drug-likeness (QED) is 0.681. The highest BCUT2D eigenvalue weighted by atomic mass is 16.5. The maximum atomic E-state index is 11.9. The van der Waals surface area contributed by atoms with Crippen LogP contribution in [0.15, 0.2) is 42.5 Å². The number of carbonyl (C=O) groups excluding carboxylic acids is 2. The van der Waals surface area contributed by atoms with Crippen molar-refractivity contribution in [3.63, 3.8) is 0 Å². The summed E-state index contributed by atoms with van der Waals surface area (Å²) in [6.45, 7) is 1.79. The van der Waals surface area contributed by atoms with Crippen molar-refractivity contribution in [1.82, 2.24) is 5.32 Å². The molecule has 0 aliphatic carbocycles. The van der Waals surface area contributed by atoms with Crippen molar-refractivity contribution >= 4 is 22.6 Å². The Morgan fingerprint density at radius 2 is 1.91 bits per heavy atom. The number of nitrogens with one attached hydrogen (secondary N) is 1. The third-order valence-electron chi connectivity index (χ3n) is 3.58. The summed E-state index contributed by atoms with van der Waals surface area (Å²) in [5, 5.41) is 4.91. The predicted octanol–water partition coefficient (Wildman–Crippen LogP) is 2.31. The van der Waals surface area contributed by atoms with Crippen LogP contribution in [0.25, 0.3) is 10.8 Å². The normalized spacial score (nSPS) is 11.2. The fourth-order valence-corrected chi connectivity index (χ4v) is 2.43. The molecule has 0 unspecified atom stereocenters. The Kier molecular flexibility index (Phi) is 5.76. The van der Waals surface area contributed by atoms with Crippen LogP contribution in [0, 0.1) is 17.8 Å². The first kappa shape index (κ1) is 16.6. The highest BCUT2D eigenvalue weighted by molar-refractivity contribution is 5.93. The lowest BCUT2D eigenvalue weighted by Gasteiger charge is -2.15. The third kappa shape index (κ3) is 4.58. The second-order valence-electron chi connectivity index (χ2n) is 5.19. The van der Waals surface area contributed by atoms with Gasteiger partial charge in [0.2, 0.25) is 0 Å². The van der Waals surface area contributed by atoms with Gasteiger partial charge in [-0.05, 0) is 35.6 Å². The number of hydrogen-bond acceptors (Lipinski definition) is 3. The van der Waals surface area contributed by atoms with Crippen LogP contribution in [-0.4, -0.2) is 25.5 Å². The Morgan fingerprint density at radius 1 is 1.17 bits per heavy atom. The molecular weight excluding hydrogens is 290 g/mol. The molecule has 0 aliphatic heterocycles. The average molecular weight is 309 g/mol. The van der Waals surface area contributed by atoms with Gasteiger partial charge in [-0.1, -0.05) is 48.4 Å². The molecule has 0 saturated carbocycles. The van der Waals surface area contributed by atoms with Gasteiger partial charge in [-0.15, -0.1) is 0 Å². The summed E-state index contributed by atoms with van der Waals surface area (Å²) in [7, 11) is 1.35. The lowest BCUT2D eigenvalue weighted by Crippen LogP contribution is -2.34. The number of ether oxygens (including phenoxy) is 1. The highest BCUT2D eigenvalue weighted by Crippen LogP contribution is 2.18. The maximum absolute atomic E-state index is 11.9. The van der Waals surface area contributed by atoms with Crippen molar-refractivity contribution < 1.29 is 14.3 Å². The number of methoxy groups -OCH3 is 1. The maximum Gasteiger partial charge on any atom is 0.310 e. The monoisotopic (exact) mass is 309 g/mol. The zero-order valence-electron chi connectivity index (χ0n) is 13.3. The summed E-state index contributed by atoms with van der Waals surface area (Å²) in [6, 6.07) is 14.1. The molecule has 0 fully saturated rings. The Labute approximate surface area is 135 Å². The van der Waals surface area contributed by atoms with E-state index in [0.717, 1.165) is 16.3 Å². The van der Waals surface area contributed by atoms with E-state index in [0.29, 0.717) is 6.42 Å². The molecule has 0 aromatic heterocycles.